The molecule has 6 rings (SSSR count). The molecule has 9 amide bonds. The molecule has 0 radical (unpaired) electrons. The number of nitrogens with zero attached hydrogens (tertiary/aromatic N) is 4. The van der Waals surface area contributed by atoms with Crippen LogP contribution in [0.4, 0.5) is 26.7 Å². The van der Waals surface area contributed by atoms with Crippen molar-refractivity contribution in [3.8, 4) is 0 Å². The van der Waals surface area contributed by atoms with Gasteiger partial charge in [-0.15, -0.1) is 0 Å². The molecule has 1 atom stereocenters. The highest BCUT2D eigenvalue weighted by atomic mass is 16.5. The van der Waals surface area contributed by atoms with Gasteiger partial charge < -0.3 is 58.3 Å². The number of rotatable bonds is 28. The van der Waals surface area contributed by atoms with Gasteiger partial charge >= 0.3 is 12.1 Å². The Balaban J connectivity index is 0.900. The average molecular weight is 1100 g/mol. The molecule has 2 aliphatic rings. The third-order valence-electron chi connectivity index (χ3n) is 13.2. The number of benzene rings is 3. The van der Waals surface area contributed by atoms with E-state index in [9.17, 15) is 38.4 Å². The number of amides is 9. The highest BCUT2D eigenvalue weighted by molar-refractivity contribution is 6.08. The summed E-state index contributed by atoms with van der Waals surface area (Å²) in [5.74, 6) is -1.68. The number of urea groups is 1. The summed E-state index contributed by atoms with van der Waals surface area (Å²) < 4.78 is 5.33. The first-order valence-corrected chi connectivity index (χ1v) is 27.4. The van der Waals surface area contributed by atoms with Crippen LogP contribution >= 0.6 is 0 Å². The Labute approximate surface area is 466 Å². The molecule has 0 spiro atoms. The fraction of sp³-hybridized carbons (Fsp3) is 0.414. The number of carbonyl (C=O) groups excluding carboxylic acids is 8. The van der Waals surface area contributed by atoms with Crippen LogP contribution < -0.4 is 48.7 Å². The van der Waals surface area contributed by atoms with Gasteiger partial charge in [-0.3, -0.25) is 38.7 Å². The molecule has 2 aliphatic heterocycles. The second-order valence-corrected chi connectivity index (χ2v) is 19.7. The van der Waals surface area contributed by atoms with Gasteiger partial charge in [0.1, 0.15) is 18.5 Å². The van der Waals surface area contributed by atoms with Crippen molar-refractivity contribution in [3.63, 3.8) is 0 Å². The first-order chi connectivity index (χ1) is 38.6. The van der Waals surface area contributed by atoms with Crippen LogP contribution in [-0.2, 0) is 50.0 Å². The zero-order valence-electron chi connectivity index (χ0n) is 45.9. The van der Waals surface area contributed by atoms with Gasteiger partial charge in [-0.2, -0.15) is 0 Å². The maximum atomic E-state index is 13.5. The molecule has 426 valence electrons. The van der Waals surface area contributed by atoms with E-state index in [0.717, 1.165) is 55.5 Å². The number of hydrogen-bond acceptors (Lipinski definition) is 13. The first-order valence-electron chi connectivity index (χ1n) is 27.4. The Kier molecular flexibility index (Phi) is 23.5. The van der Waals surface area contributed by atoms with Gasteiger partial charge in [0.15, 0.2) is 0 Å². The molecule has 4 aromatic rings. The van der Waals surface area contributed by atoms with Crippen molar-refractivity contribution < 1.29 is 43.1 Å². The van der Waals surface area contributed by atoms with E-state index >= 15 is 0 Å². The van der Waals surface area contributed by atoms with Crippen molar-refractivity contribution in [1.29, 1.82) is 0 Å². The van der Waals surface area contributed by atoms with E-state index in [-0.39, 0.29) is 69.3 Å². The van der Waals surface area contributed by atoms with E-state index in [2.05, 4.69) is 52.1 Å². The minimum Gasteiger partial charge on any atom is -0.445 e. The lowest BCUT2D eigenvalue weighted by Gasteiger charge is -2.28. The molecule has 11 N–H and O–H groups in total. The highest BCUT2D eigenvalue weighted by Crippen LogP contribution is 2.30. The maximum absolute atomic E-state index is 13.5. The van der Waals surface area contributed by atoms with E-state index < -0.39 is 30.0 Å². The molecule has 0 aliphatic carbocycles. The number of hydrogen-bond donors (Lipinski definition) is 9. The highest BCUT2D eigenvalue weighted by Gasteiger charge is 2.24. The van der Waals surface area contributed by atoms with Gasteiger partial charge in [0.05, 0.1) is 24.1 Å². The summed E-state index contributed by atoms with van der Waals surface area (Å²) in [6.45, 7) is 9.56. The summed E-state index contributed by atoms with van der Waals surface area (Å²) >= 11 is 0. The first kappa shape index (κ1) is 60.6. The zero-order valence-corrected chi connectivity index (χ0v) is 45.9. The summed E-state index contributed by atoms with van der Waals surface area (Å²) in [4.78, 5) is 115. The van der Waals surface area contributed by atoms with Crippen LogP contribution in [0.15, 0.2) is 89.6 Å². The molecular weight excluding hydrogens is 1020 g/mol. The number of nitrogens with one attached hydrogen (secondary N) is 7. The number of aliphatic imine (C=N–C) groups is 1. The second-order valence-electron chi connectivity index (χ2n) is 19.7. The smallest absolute Gasteiger partial charge is 0.407 e. The van der Waals surface area contributed by atoms with Gasteiger partial charge in [-0.1, -0.05) is 63.9 Å². The summed E-state index contributed by atoms with van der Waals surface area (Å²) in [5.41, 5.74) is 18.7. The number of fused-ring (bicyclic) bond motifs is 2. The Hall–Kier alpha value is -8.66. The van der Waals surface area contributed by atoms with Crippen molar-refractivity contribution in [2.75, 3.05) is 56.4 Å². The summed E-state index contributed by atoms with van der Waals surface area (Å²) in [6, 6.07) is 19.3. The lowest BCUT2D eigenvalue weighted by atomic mass is 10.0. The Bertz CT molecular complexity index is 2890. The monoisotopic (exact) mass is 1100 g/mol. The van der Waals surface area contributed by atoms with Crippen LogP contribution in [0, 0.1) is 0 Å². The van der Waals surface area contributed by atoms with Crippen molar-refractivity contribution in [3.05, 3.63) is 124 Å². The van der Waals surface area contributed by atoms with E-state index in [1.54, 1.807) is 60.8 Å². The summed E-state index contributed by atoms with van der Waals surface area (Å²) in [6.07, 6.45) is 8.86. The zero-order chi connectivity index (χ0) is 57.4. The Morgan fingerprint density at radius 2 is 1.46 bits per heavy atom. The van der Waals surface area contributed by atoms with E-state index in [1.165, 1.54) is 0 Å². The van der Waals surface area contributed by atoms with Gasteiger partial charge in [0, 0.05) is 105 Å². The number of pyridine rings is 1. The van der Waals surface area contributed by atoms with E-state index in [4.69, 9.17) is 16.2 Å². The van der Waals surface area contributed by atoms with Gasteiger partial charge in [0.25, 0.3) is 11.8 Å². The fourth-order valence-corrected chi connectivity index (χ4v) is 9.03. The summed E-state index contributed by atoms with van der Waals surface area (Å²) in [5, 5.41) is 18.8. The molecule has 22 heteroatoms. The predicted molar refractivity (Wildman–Crippen MR) is 305 cm³/mol. The number of primary amides is 1. The predicted octanol–water partition coefficient (Wildman–Crippen LogP) is 5.54. The standard InChI is InChI=1S/C58H75N13O9/c1-4-7-8-11-51(72)65-34-52(73)69-48(10-9-23-62-57(60)78)55(76)66-45-20-14-39(15-21-45)37-80-58(79)63-25-24-61-53(74)40-16-12-38(13-17-40)35-70-28-22-47-44(36-70)30-46(33-64-47)67-54(75)42-19-18-41-29-43(32-50(59)68-49(41)31-42)56(77)71(26-5-2)27-6-3/h12-21,29-31,33,48H,4-11,22-28,32,34-37H2,1-3H3,(H2,59,68)(H,61,74)(H,63,79)(H,65,72)(H,66,76)(H,67,75)(H,69,73)(H3,60,62,78)/t48-/m0/s1. The number of amidine groups is 1. The molecule has 0 bridgehead atoms. The number of carbonyl (C=O) groups is 8. The fourth-order valence-electron chi connectivity index (χ4n) is 9.03. The normalized spacial score (nSPS) is 13.1. The minimum absolute atomic E-state index is 0.0544. The molecular formula is C58H75N13O9. The van der Waals surface area contributed by atoms with Crippen LogP contribution in [0.25, 0.3) is 6.08 Å². The van der Waals surface area contributed by atoms with Crippen molar-refractivity contribution in [1.82, 2.24) is 41.4 Å². The molecule has 3 aromatic carbocycles. The average Bonchev–Trinajstić information content (AvgIpc) is 3.66. The number of ether oxygens (including phenoxy) is 1. The molecule has 80 heavy (non-hydrogen) atoms. The lowest BCUT2D eigenvalue weighted by Crippen LogP contribution is -2.47. The maximum Gasteiger partial charge on any atom is 0.407 e. The van der Waals surface area contributed by atoms with Crippen LogP contribution in [0.2, 0.25) is 0 Å². The van der Waals surface area contributed by atoms with Crippen molar-refractivity contribution in [2.24, 2.45) is 16.5 Å². The summed E-state index contributed by atoms with van der Waals surface area (Å²) in [7, 11) is 0. The topological polar surface area (TPSA) is 314 Å². The minimum atomic E-state index is -0.971. The number of aromatic nitrogens is 1. The van der Waals surface area contributed by atoms with Crippen molar-refractivity contribution in [2.45, 2.75) is 111 Å². The number of nitrogens with two attached hydrogens (primary N) is 2. The van der Waals surface area contributed by atoms with Gasteiger partial charge in [-0.05, 0) is 97.3 Å². The molecule has 3 heterocycles. The van der Waals surface area contributed by atoms with Crippen LogP contribution in [0.5, 0.6) is 0 Å². The molecule has 0 fully saturated rings. The second kappa shape index (κ2) is 31.1. The van der Waals surface area contributed by atoms with E-state index in [0.29, 0.717) is 96.2 Å². The lowest BCUT2D eigenvalue weighted by molar-refractivity contribution is -0.128. The molecule has 0 saturated carbocycles. The van der Waals surface area contributed by atoms with Gasteiger partial charge in [-0.25, -0.2) is 14.6 Å². The van der Waals surface area contributed by atoms with Crippen LogP contribution in [-0.4, -0.2) is 120 Å². The SMILES string of the molecule is CCCCCC(=O)NCC(=O)N[C@@H](CCCNC(N)=O)C(=O)Nc1ccc(COC(=O)NCCNC(=O)c2ccc(CN3CCc4ncc(NC(=O)c5ccc6c(c5)N=C(N)CC(C(=O)N(CCC)CCC)=C6)cc4C3)cc2)cc1. The number of unbranched alkanes of at least 4 members (excludes halogenated alkanes) is 2. The molecule has 0 unspecified atom stereocenters. The Morgan fingerprint density at radius 1 is 0.738 bits per heavy atom. The van der Waals surface area contributed by atoms with E-state index in [1.807, 2.05) is 49.9 Å². The molecule has 1 aromatic heterocycles. The van der Waals surface area contributed by atoms with Gasteiger partial charge in [0.2, 0.25) is 23.6 Å². The quantitative estimate of drug-likeness (QED) is 0.0317. The third-order valence-corrected chi connectivity index (χ3v) is 13.2. The van der Waals surface area contributed by atoms with Crippen molar-refractivity contribution >= 4 is 76.5 Å². The third kappa shape index (κ3) is 19.4. The van der Waals surface area contributed by atoms with Crippen LogP contribution in [0.3, 0.4) is 0 Å². The number of alkyl carbamates (subject to hydrolysis) is 1. The molecule has 22 nitrogen and oxygen atoms in total. The number of anilines is 2. The van der Waals surface area contributed by atoms with Crippen LogP contribution in [0.1, 0.15) is 127 Å². The molecule has 0 saturated heterocycles. The Morgan fingerprint density at radius 3 is 2.19 bits per heavy atom. The largest absolute Gasteiger partial charge is 0.445 e.